The third-order valence-corrected chi connectivity index (χ3v) is 2.38. The van der Waals surface area contributed by atoms with Crippen molar-refractivity contribution >= 4 is 11.6 Å². The van der Waals surface area contributed by atoms with E-state index in [2.05, 4.69) is 9.97 Å². The number of ether oxygens (including phenoxy) is 1. The Bertz CT molecular complexity index is 557. The molecule has 0 saturated heterocycles. The molecule has 0 spiro atoms. The summed E-state index contributed by atoms with van der Waals surface area (Å²) in [5.41, 5.74) is 1.02. The number of aromatic nitrogens is 2. The lowest BCUT2D eigenvalue weighted by Gasteiger charge is -2.01. The summed E-state index contributed by atoms with van der Waals surface area (Å²) in [6, 6.07) is 9.26. The topological polar surface area (TPSA) is 61.7 Å². The number of rotatable bonds is 2. The maximum Gasteiger partial charge on any atom is 0.178 e. The first-order chi connectivity index (χ1) is 7.74. The number of benzene rings is 1. The van der Waals surface area contributed by atoms with Gasteiger partial charge >= 0.3 is 0 Å². The van der Waals surface area contributed by atoms with Crippen LogP contribution in [0, 0.1) is 11.3 Å². The standard InChI is InChI=1S/C11H8ClN3O/c1-16-8-4-2-3-7(5-8)11-14-9(6-13)10(12)15-11/h2-5H,1H3,(H,14,15). The molecule has 0 fully saturated rings. The highest BCUT2D eigenvalue weighted by molar-refractivity contribution is 6.30. The largest absolute Gasteiger partial charge is 0.497 e. The van der Waals surface area contributed by atoms with Crippen LogP contribution in [0.2, 0.25) is 5.15 Å². The SMILES string of the molecule is COc1cccc(-c2nc(C#N)c(Cl)[nH]2)c1. The Hall–Kier alpha value is -1.99. The number of halogens is 1. The third kappa shape index (κ3) is 1.86. The molecule has 4 nitrogen and oxygen atoms in total. The normalized spacial score (nSPS) is 9.81. The van der Waals surface area contributed by atoms with Crippen LogP contribution in [0.3, 0.4) is 0 Å². The second kappa shape index (κ2) is 4.25. The smallest absolute Gasteiger partial charge is 0.178 e. The quantitative estimate of drug-likeness (QED) is 0.867. The molecule has 1 heterocycles. The van der Waals surface area contributed by atoms with Crippen LogP contribution in [0.5, 0.6) is 5.75 Å². The van der Waals surface area contributed by atoms with E-state index in [0.717, 1.165) is 11.3 Å². The molecule has 2 rings (SSSR count). The number of imidazole rings is 1. The van der Waals surface area contributed by atoms with Crippen LogP contribution in [-0.4, -0.2) is 17.1 Å². The predicted molar refractivity (Wildman–Crippen MR) is 60.3 cm³/mol. The Morgan fingerprint density at radius 3 is 2.94 bits per heavy atom. The molecule has 1 N–H and O–H groups in total. The maximum atomic E-state index is 8.74. The lowest BCUT2D eigenvalue weighted by atomic mass is 10.2. The number of aromatic amines is 1. The Labute approximate surface area is 97.5 Å². The summed E-state index contributed by atoms with van der Waals surface area (Å²) in [6.45, 7) is 0. The minimum absolute atomic E-state index is 0.194. The molecule has 5 heteroatoms. The first kappa shape index (κ1) is 10.5. The van der Waals surface area contributed by atoms with Gasteiger partial charge in [-0.1, -0.05) is 23.7 Å². The fraction of sp³-hybridized carbons (Fsp3) is 0.0909. The van der Waals surface area contributed by atoms with E-state index in [0.29, 0.717) is 5.82 Å². The number of hydrogen-bond donors (Lipinski definition) is 1. The molecule has 0 aliphatic heterocycles. The van der Waals surface area contributed by atoms with Crippen LogP contribution in [0.15, 0.2) is 24.3 Å². The zero-order valence-corrected chi connectivity index (χ0v) is 9.25. The highest BCUT2D eigenvalue weighted by Crippen LogP contribution is 2.24. The average Bonchev–Trinajstić information content (AvgIpc) is 2.71. The van der Waals surface area contributed by atoms with Gasteiger partial charge in [-0.2, -0.15) is 5.26 Å². The van der Waals surface area contributed by atoms with Crippen molar-refractivity contribution in [1.82, 2.24) is 9.97 Å². The molecule has 80 valence electrons. The second-order valence-electron chi connectivity index (χ2n) is 3.09. The first-order valence-corrected chi connectivity index (χ1v) is 4.92. The number of nitrogens with one attached hydrogen (secondary N) is 1. The minimum atomic E-state index is 0.194. The number of nitriles is 1. The van der Waals surface area contributed by atoms with Gasteiger partial charge in [-0.3, -0.25) is 0 Å². The molecule has 0 radical (unpaired) electrons. The van der Waals surface area contributed by atoms with Crippen LogP contribution in [0.1, 0.15) is 5.69 Å². The summed E-state index contributed by atoms with van der Waals surface area (Å²) in [5.74, 6) is 1.28. The van der Waals surface area contributed by atoms with Gasteiger partial charge in [0.2, 0.25) is 0 Å². The molecule has 1 aromatic carbocycles. The molecular weight excluding hydrogens is 226 g/mol. The lowest BCUT2D eigenvalue weighted by molar-refractivity contribution is 0.415. The summed E-state index contributed by atoms with van der Waals surface area (Å²) in [4.78, 5) is 6.91. The van der Waals surface area contributed by atoms with Gasteiger partial charge in [-0.05, 0) is 12.1 Å². The van der Waals surface area contributed by atoms with Crippen molar-refractivity contribution in [3.63, 3.8) is 0 Å². The van der Waals surface area contributed by atoms with Crippen molar-refractivity contribution in [2.24, 2.45) is 0 Å². The summed E-state index contributed by atoms with van der Waals surface area (Å²) in [5, 5.41) is 8.99. The monoisotopic (exact) mass is 233 g/mol. The van der Waals surface area contributed by atoms with Gasteiger partial charge in [-0.25, -0.2) is 4.98 Å². The fourth-order valence-electron chi connectivity index (χ4n) is 1.33. The minimum Gasteiger partial charge on any atom is -0.497 e. The van der Waals surface area contributed by atoms with Crippen molar-refractivity contribution in [2.75, 3.05) is 7.11 Å². The van der Waals surface area contributed by atoms with Crippen molar-refractivity contribution < 1.29 is 4.74 Å². The van der Waals surface area contributed by atoms with Crippen LogP contribution >= 0.6 is 11.6 Å². The van der Waals surface area contributed by atoms with Crippen LogP contribution in [0.25, 0.3) is 11.4 Å². The van der Waals surface area contributed by atoms with E-state index in [1.165, 1.54) is 0 Å². The number of hydrogen-bond acceptors (Lipinski definition) is 3. The highest BCUT2D eigenvalue weighted by atomic mass is 35.5. The van der Waals surface area contributed by atoms with Gasteiger partial charge in [0, 0.05) is 5.56 Å². The molecule has 0 amide bonds. The van der Waals surface area contributed by atoms with Crippen LogP contribution in [-0.2, 0) is 0 Å². The van der Waals surface area contributed by atoms with Gasteiger partial charge in [0.05, 0.1) is 7.11 Å². The Morgan fingerprint density at radius 2 is 2.31 bits per heavy atom. The van der Waals surface area contributed by atoms with Gasteiger partial charge in [0.25, 0.3) is 0 Å². The molecule has 1 aromatic heterocycles. The Kier molecular flexibility index (Phi) is 2.80. The van der Waals surface area contributed by atoms with E-state index in [9.17, 15) is 0 Å². The second-order valence-corrected chi connectivity index (χ2v) is 3.47. The Morgan fingerprint density at radius 1 is 1.50 bits per heavy atom. The summed E-state index contributed by atoms with van der Waals surface area (Å²) < 4.78 is 5.10. The van der Waals surface area contributed by atoms with Crippen molar-refractivity contribution in [1.29, 1.82) is 5.26 Å². The van der Waals surface area contributed by atoms with Crippen molar-refractivity contribution in [2.45, 2.75) is 0 Å². The van der Waals surface area contributed by atoms with Crippen LogP contribution in [0.4, 0.5) is 0 Å². The van der Waals surface area contributed by atoms with Crippen molar-refractivity contribution in [3.05, 3.63) is 35.1 Å². The first-order valence-electron chi connectivity index (χ1n) is 4.54. The van der Waals surface area contributed by atoms with E-state index in [-0.39, 0.29) is 10.8 Å². The fourth-order valence-corrected chi connectivity index (χ4v) is 1.51. The van der Waals surface area contributed by atoms with E-state index >= 15 is 0 Å². The summed E-state index contributed by atoms with van der Waals surface area (Å²) in [7, 11) is 1.59. The average molecular weight is 234 g/mol. The zero-order valence-electron chi connectivity index (χ0n) is 8.49. The highest BCUT2D eigenvalue weighted by Gasteiger charge is 2.09. The van der Waals surface area contributed by atoms with Crippen LogP contribution < -0.4 is 4.74 Å². The molecule has 2 aromatic rings. The molecular formula is C11H8ClN3O. The van der Waals surface area contributed by atoms with Gasteiger partial charge in [-0.15, -0.1) is 0 Å². The molecule has 0 saturated carbocycles. The van der Waals surface area contributed by atoms with Gasteiger partial charge in [0.15, 0.2) is 5.69 Å². The Balaban J connectivity index is 2.46. The summed E-state index contributed by atoms with van der Waals surface area (Å²) >= 11 is 5.80. The summed E-state index contributed by atoms with van der Waals surface area (Å²) in [6.07, 6.45) is 0. The third-order valence-electron chi connectivity index (χ3n) is 2.11. The molecule has 0 bridgehead atoms. The maximum absolute atomic E-state index is 8.74. The van der Waals surface area contributed by atoms with Gasteiger partial charge < -0.3 is 9.72 Å². The molecule has 0 unspecified atom stereocenters. The number of H-pyrrole nitrogens is 1. The van der Waals surface area contributed by atoms with E-state index in [1.54, 1.807) is 7.11 Å². The molecule has 0 aliphatic carbocycles. The lowest BCUT2D eigenvalue weighted by Crippen LogP contribution is -1.85. The van der Waals surface area contributed by atoms with E-state index in [1.807, 2.05) is 30.3 Å². The molecule has 0 aliphatic rings. The number of nitrogens with zero attached hydrogens (tertiary/aromatic N) is 2. The number of methoxy groups -OCH3 is 1. The van der Waals surface area contributed by atoms with Crippen molar-refractivity contribution in [3.8, 4) is 23.2 Å². The van der Waals surface area contributed by atoms with E-state index in [4.69, 9.17) is 21.6 Å². The zero-order chi connectivity index (χ0) is 11.5. The molecule has 16 heavy (non-hydrogen) atoms. The van der Waals surface area contributed by atoms with Gasteiger partial charge in [0.1, 0.15) is 22.8 Å². The predicted octanol–water partition coefficient (Wildman–Crippen LogP) is 2.61. The molecule has 0 atom stereocenters. The van der Waals surface area contributed by atoms with E-state index < -0.39 is 0 Å².